The fraction of sp³-hybridized carbons (Fsp3) is 0.435. The van der Waals surface area contributed by atoms with Crippen molar-refractivity contribution in [2.24, 2.45) is 5.73 Å². The molecular weight excluding hydrogens is 444 g/mol. The van der Waals surface area contributed by atoms with Gasteiger partial charge in [-0.1, -0.05) is 12.1 Å². The molecule has 1 atom stereocenters. The molecule has 10 heteroatoms. The minimum absolute atomic E-state index is 0.104. The largest absolute Gasteiger partial charge is 0.485 e. The molecule has 5 rings (SSSR count). The Morgan fingerprint density at radius 2 is 1.85 bits per heavy atom. The van der Waals surface area contributed by atoms with Crippen LogP contribution in [0.2, 0.25) is 0 Å². The fourth-order valence-electron chi connectivity index (χ4n) is 4.59. The van der Waals surface area contributed by atoms with Crippen LogP contribution in [0, 0.1) is 0 Å². The maximum atomic E-state index is 12.9. The number of anilines is 1. The smallest absolute Gasteiger partial charge is 0.267 e. The minimum Gasteiger partial charge on any atom is -0.485 e. The molecule has 3 heterocycles. The van der Waals surface area contributed by atoms with E-state index >= 15 is 0 Å². The molecule has 9 nitrogen and oxygen atoms in total. The first-order valence-corrected chi connectivity index (χ1v) is 11.9. The molecule has 0 radical (unpaired) electrons. The number of fused-ring (bicyclic) bond motifs is 2. The summed E-state index contributed by atoms with van der Waals surface area (Å²) in [6, 6.07) is 7.31. The molecule has 2 aromatic rings. The van der Waals surface area contributed by atoms with E-state index in [0.29, 0.717) is 48.2 Å². The molecule has 0 saturated carbocycles. The number of aryl methyl sites for hydroxylation is 1. The SMILES string of the molecule is NC(=O)c1c(NC(=O)CN2CCN(C(=O)[C@H]3COc4ccccc4O3)CC2)sc2c1CCC2. The van der Waals surface area contributed by atoms with Crippen LogP contribution in [0.15, 0.2) is 24.3 Å². The van der Waals surface area contributed by atoms with Gasteiger partial charge in [-0.15, -0.1) is 11.3 Å². The van der Waals surface area contributed by atoms with Crippen molar-refractivity contribution in [3.8, 4) is 11.5 Å². The zero-order valence-corrected chi connectivity index (χ0v) is 19.0. The molecule has 0 unspecified atom stereocenters. The van der Waals surface area contributed by atoms with Crippen molar-refractivity contribution in [1.29, 1.82) is 0 Å². The maximum Gasteiger partial charge on any atom is 0.267 e. The number of hydrogen-bond donors (Lipinski definition) is 2. The number of piperazine rings is 1. The van der Waals surface area contributed by atoms with Crippen molar-refractivity contribution in [2.45, 2.75) is 25.4 Å². The van der Waals surface area contributed by atoms with E-state index in [1.165, 1.54) is 11.3 Å². The Hall–Kier alpha value is -3.11. The topological polar surface area (TPSA) is 114 Å². The molecular formula is C23H26N4O5S. The van der Waals surface area contributed by atoms with Gasteiger partial charge in [-0.2, -0.15) is 0 Å². The summed E-state index contributed by atoms with van der Waals surface area (Å²) in [5.41, 5.74) is 7.03. The van der Waals surface area contributed by atoms with E-state index in [-0.39, 0.29) is 25.0 Å². The van der Waals surface area contributed by atoms with Crippen molar-refractivity contribution >= 4 is 34.1 Å². The third kappa shape index (κ3) is 4.40. The van der Waals surface area contributed by atoms with Gasteiger partial charge in [0.1, 0.15) is 11.6 Å². The summed E-state index contributed by atoms with van der Waals surface area (Å²) in [6.07, 6.45) is 2.11. The van der Waals surface area contributed by atoms with Gasteiger partial charge in [-0.25, -0.2) is 0 Å². The molecule has 1 aromatic carbocycles. The van der Waals surface area contributed by atoms with Crippen LogP contribution in [0.5, 0.6) is 11.5 Å². The van der Waals surface area contributed by atoms with Crippen LogP contribution in [0.3, 0.4) is 0 Å². The van der Waals surface area contributed by atoms with Gasteiger partial charge in [0.15, 0.2) is 11.5 Å². The number of rotatable bonds is 5. The molecule has 1 fully saturated rings. The number of nitrogens with one attached hydrogen (secondary N) is 1. The highest BCUT2D eigenvalue weighted by Gasteiger charge is 2.33. The van der Waals surface area contributed by atoms with Crippen molar-refractivity contribution in [2.75, 3.05) is 44.6 Å². The first-order valence-electron chi connectivity index (χ1n) is 11.1. The van der Waals surface area contributed by atoms with Gasteiger partial charge in [0, 0.05) is 31.1 Å². The lowest BCUT2D eigenvalue weighted by Gasteiger charge is -2.36. The molecule has 0 spiro atoms. The summed E-state index contributed by atoms with van der Waals surface area (Å²) in [6.45, 7) is 2.55. The van der Waals surface area contributed by atoms with Crippen LogP contribution in [0.1, 0.15) is 27.2 Å². The van der Waals surface area contributed by atoms with Gasteiger partial charge in [0.2, 0.25) is 12.0 Å². The quantitative estimate of drug-likeness (QED) is 0.680. The number of ether oxygens (including phenoxy) is 2. The second kappa shape index (κ2) is 9.03. The predicted molar refractivity (Wildman–Crippen MR) is 123 cm³/mol. The van der Waals surface area contributed by atoms with Crippen molar-refractivity contribution < 1.29 is 23.9 Å². The highest BCUT2D eigenvalue weighted by molar-refractivity contribution is 7.17. The van der Waals surface area contributed by atoms with E-state index in [9.17, 15) is 14.4 Å². The van der Waals surface area contributed by atoms with Crippen molar-refractivity contribution in [1.82, 2.24) is 9.80 Å². The lowest BCUT2D eigenvalue weighted by atomic mass is 10.1. The summed E-state index contributed by atoms with van der Waals surface area (Å²) in [5, 5.41) is 3.44. The molecule has 3 amide bonds. The van der Waals surface area contributed by atoms with Gasteiger partial charge in [-0.3, -0.25) is 19.3 Å². The summed E-state index contributed by atoms with van der Waals surface area (Å²) < 4.78 is 11.5. The Labute approximate surface area is 195 Å². The first-order chi connectivity index (χ1) is 16.0. The molecule has 2 aliphatic heterocycles. The third-order valence-corrected chi connectivity index (χ3v) is 7.46. The van der Waals surface area contributed by atoms with Crippen molar-refractivity contribution in [3.63, 3.8) is 0 Å². The maximum absolute atomic E-state index is 12.9. The van der Waals surface area contributed by atoms with E-state index < -0.39 is 12.0 Å². The molecule has 1 aliphatic carbocycles. The number of thiophene rings is 1. The number of nitrogens with zero attached hydrogens (tertiary/aromatic N) is 2. The predicted octanol–water partition coefficient (Wildman–Crippen LogP) is 1.26. The number of benzene rings is 1. The molecule has 33 heavy (non-hydrogen) atoms. The van der Waals surface area contributed by atoms with Gasteiger partial charge < -0.3 is 25.4 Å². The standard InChI is InChI=1S/C23H26N4O5S/c24-21(29)20-14-4-3-7-18(14)33-22(20)25-19(28)12-26-8-10-27(11-9-26)23(30)17-13-31-15-5-1-2-6-16(15)32-17/h1-2,5-6,17H,3-4,7-13H2,(H2,24,29)(H,25,28)/t17-/m1/s1. The molecule has 1 aromatic heterocycles. The van der Waals surface area contributed by atoms with Crippen LogP contribution in [0.4, 0.5) is 5.00 Å². The number of nitrogens with two attached hydrogens (primary N) is 1. The van der Waals surface area contributed by atoms with Crippen molar-refractivity contribution in [3.05, 3.63) is 40.3 Å². The Balaban J connectivity index is 1.13. The van der Waals surface area contributed by atoms with E-state index in [2.05, 4.69) is 5.32 Å². The summed E-state index contributed by atoms with van der Waals surface area (Å²) in [4.78, 5) is 42.3. The van der Waals surface area contributed by atoms with Gasteiger partial charge in [-0.05, 0) is 37.0 Å². The second-order valence-corrected chi connectivity index (χ2v) is 9.54. The van der Waals surface area contributed by atoms with Crippen LogP contribution >= 0.6 is 11.3 Å². The highest BCUT2D eigenvalue weighted by Crippen LogP contribution is 2.38. The normalized spacial score (nSPS) is 19.8. The van der Waals surface area contributed by atoms with Gasteiger partial charge in [0.05, 0.1) is 12.1 Å². The molecule has 3 aliphatic rings. The van der Waals surface area contributed by atoms with Crippen LogP contribution in [-0.4, -0.2) is 73.0 Å². The summed E-state index contributed by atoms with van der Waals surface area (Å²) in [7, 11) is 0. The monoisotopic (exact) mass is 470 g/mol. The van der Waals surface area contributed by atoms with Crippen LogP contribution in [0.25, 0.3) is 0 Å². The zero-order chi connectivity index (χ0) is 22.9. The third-order valence-electron chi connectivity index (χ3n) is 6.26. The number of primary amides is 1. The van der Waals surface area contributed by atoms with E-state index in [4.69, 9.17) is 15.2 Å². The van der Waals surface area contributed by atoms with E-state index in [1.54, 1.807) is 11.0 Å². The molecule has 3 N–H and O–H groups in total. The minimum atomic E-state index is -0.664. The average molecular weight is 471 g/mol. The lowest BCUT2D eigenvalue weighted by molar-refractivity contribution is -0.143. The Kier molecular flexibility index (Phi) is 5.94. The van der Waals surface area contributed by atoms with Gasteiger partial charge >= 0.3 is 0 Å². The van der Waals surface area contributed by atoms with Crippen LogP contribution < -0.4 is 20.5 Å². The molecule has 1 saturated heterocycles. The molecule has 174 valence electrons. The summed E-state index contributed by atoms with van der Waals surface area (Å²) in [5.74, 6) is 0.444. The number of amides is 3. The lowest BCUT2D eigenvalue weighted by Crippen LogP contribution is -2.54. The number of carbonyl (C=O) groups is 3. The Bertz CT molecular complexity index is 1090. The number of carbonyl (C=O) groups excluding carboxylic acids is 3. The number of hydrogen-bond acceptors (Lipinski definition) is 7. The average Bonchev–Trinajstić information content (AvgIpc) is 3.39. The zero-order valence-electron chi connectivity index (χ0n) is 18.2. The highest BCUT2D eigenvalue weighted by atomic mass is 32.1. The Morgan fingerprint density at radius 1 is 1.09 bits per heavy atom. The van der Waals surface area contributed by atoms with Gasteiger partial charge in [0.25, 0.3) is 11.8 Å². The van der Waals surface area contributed by atoms with E-state index in [0.717, 1.165) is 29.7 Å². The fourth-order valence-corrected chi connectivity index (χ4v) is 5.90. The van der Waals surface area contributed by atoms with Crippen LogP contribution in [-0.2, 0) is 22.4 Å². The molecule has 0 bridgehead atoms. The summed E-state index contributed by atoms with van der Waals surface area (Å²) >= 11 is 1.45. The number of para-hydroxylation sites is 2. The Morgan fingerprint density at radius 3 is 2.61 bits per heavy atom. The first kappa shape index (κ1) is 21.7. The van der Waals surface area contributed by atoms with E-state index in [1.807, 2.05) is 23.1 Å². The second-order valence-electron chi connectivity index (χ2n) is 8.44.